The lowest BCUT2D eigenvalue weighted by Gasteiger charge is -2.16. The molecule has 1 rings (SSSR count). The first-order valence-corrected chi connectivity index (χ1v) is 5.59. The minimum absolute atomic E-state index is 0.0527. The number of nitro groups is 1. The Kier molecular flexibility index (Phi) is 4.75. The van der Waals surface area contributed by atoms with Gasteiger partial charge in [-0.1, -0.05) is 11.3 Å². The van der Waals surface area contributed by atoms with Gasteiger partial charge < -0.3 is 10.2 Å². The number of carbonyl (C=O) groups is 2. The van der Waals surface area contributed by atoms with Gasteiger partial charge in [0.05, 0.1) is 18.0 Å². The molecule has 0 aliphatic heterocycles. The fourth-order valence-electron chi connectivity index (χ4n) is 1.32. The molecule has 0 saturated carbocycles. The Hall–Kier alpha value is -2.00. The molecule has 2 N–H and O–H groups in total. The molecule has 18 heavy (non-hydrogen) atoms. The second-order valence-electron chi connectivity index (χ2n) is 3.43. The van der Waals surface area contributed by atoms with Crippen molar-refractivity contribution in [3.63, 3.8) is 0 Å². The number of rotatable bonds is 7. The number of hydrogen-bond acceptors (Lipinski definition) is 6. The van der Waals surface area contributed by atoms with Crippen LogP contribution >= 0.6 is 11.3 Å². The molecule has 8 nitrogen and oxygen atoms in total. The van der Waals surface area contributed by atoms with Crippen LogP contribution in [0.15, 0.2) is 12.1 Å². The largest absolute Gasteiger partial charge is 0.480 e. The van der Waals surface area contributed by atoms with Crippen LogP contribution in [0.2, 0.25) is 0 Å². The third-order valence-corrected chi connectivity index (χ3v) is 2.95. The zero-order valence-electron chi connectivity index (χ0n) is 9.11. The van der Waals surface area contributed by atoms with Gasteiger partial charge in [-0.15, -0.1) is 0 Å². The summed E-state index contributed by atoms with van der Waals surface area (Å²) in [6.07, 6.45) is 0. The first-order valence-electron chi connectivity index (χ1n) is 4.77. The topological polar surface area (TPSA) is 121 Å². The summed E-state index contributed by atoms with van der Waals surface area (Å²) in [6.45, 7) is -0.812. The molecule has 1 aromatic rings. The Balaban J connectivity index is 2.71. The van der Waals surface area contributed by atoms with Crippen molar-refractivity contribution in [1.29, 1.82) is 0 Å². The van der Waals surface area contributed by atoms with E-state index < -0.39 is 30.0 Å². The van der Waals surface area contributed by atoms with E-state index in [0.717, 1.165) is 11.3 Å². The molecular formula is C9H10N2O6S. The number of carboxylic acid groups (broad SMARTS) is 2. The van der Waals surface area contributed by atoms with E-state index in [0.29, 0.717) is 4.88 Å². The molecule has 0 fully saturated rings. The summed E-state index contributed by atoms with van der Waals surface area (Å²) in [7, 11) is 0. The van der Waals surface area contributed by atoms with Crippen molar-refractivity contribution in [3.8, 4) is 0 Å². The van der Waals surface area contributed by atoms with Crippen LogP contribution in [-0.4, -0.2) is 45.1 Å². The summed E-state index contributed by atoms with van der Waals surface area (Å²) in [5, 5.41) is 27.7. The monoisotopic (exact) mass is 274 g/mol. The van der Waals surface area contributed by atoms with Crippen LogP contribution in [0.5, 0.6) is 0 Å². The number of thiophene rings is 1. The van der Waals surface area contributed by atoms with Crippen LogP contribution in [0.1, 0.15) is 4.88 Å². The molecule has 0 saturated heterocycles. The Morgan fingerprint density at radius 2 is 1.83 bits per heavy atom. The lowest BCUT2D eigenvalue weighted by molar-refractivity contribution is -0.380. The first kappa shape index (κ1) is 14.1. The van der Waals surface area contributed by atoms with Gasteiger partial charge in [-0.3, -0.25) is 24.6 Å². The molecule has 0 radical (unpaired) electrons. The third-order valence-electron chi connectivity index (χ3n) is 1.92. The molecule has 0 unspecified atom stereocenters. The van der Waals surface area contributed by atoms with Crippen molar-refractivity contribution in [2.24, 2.45) is 0 Å². The first-order chi connectivity index (χ1) is 8.38. The maximum absolute atomic E-state index is 10.6. The minimum atomic E-state index is -1.15. The highest BCUT2D eigenvalue weighted by atomic mass is 32.1. The summed E-state index contributed by atoms with van der Waals surface area (Å²) in [5.74, 6) is -2.30. The summed E-state index contributed by atoms with van der Waals surface area (Å²) in [4.78, 5) is 32.8. The lowest BCUT2D eigenvalue weighted by Crippen LogP contribution is -2.33. The van der Waals surface area contributed by atoms with Gasteiger partial charge in [0.2, 0.25) is 0 Å². The van der Waals surface area contributed by atoms with Crippen molar-refractivity contribution < 1.29 is 24.7 Å². The van der Waals surface area contributed by atoms with Crippen molar-refractivity contribution >= 4 is 28.3 Å². The van der Waals surface area contributed by atoms with E-state index in [1.807, 2.05) is 0 Å². The van der Waals surface area contributed by atoms with Gasteiger partial charge in [0.1, 0.15) is 0 Å². The predicted molar refractivity (Wildman–Crippen MR) is 61.5 cm³/mol. The molecule has 0 aliphatic carbocycles. The maximum atomic E-state index is 10.6. The Labute approximate surface area is 105 Å². The SMILES string of the molecule is O=C(O)CN(CC(=O)O)Cc1ccc([N+](=O)[O-])s1. The van der Waals surface area contributed by atoms with Crippen LogP contribution in [0, 0.1) is 10.1 Å². The van der Waals surface area contributed by atoms with E-state index in [4.69, 9.17) is 10.2 Å². The summed E-state index contributed by atoms with van der Waals surface area (Å²) >= 11 is 0.897. The van der Waals surface area contributed by atoms with Gasteiger partial charge in [-0.2, -0.15) is 0 Å². The molecule has 1 aromatic heterocycles. The molecule has 0 atom stereocenters. The van der Waals surface area contributed by atoms with Gasteiger partial charge >= 0.3 is 16.9 Å². The minimum Gasteiger partial charge on any atom is -0.480 e. The van der Waals surface area contributed by atoms with E-state index >= 15 is 0 Å². The quantitative estimate of drug-likeness (QED) is 0.552. The van der Waals surface area contributed by atoms with Crippen LogP contribution in [-0.2, 0) is 16.1 Å². The van der Waals surface area contributed by atoms with Crippen LogP contribution in [0.3, 0.4) is 0 Å². The molecular weight excluding hydrogens is 264 g/mol. The second kappa shape index (κ2) is 6.07. The van der Waals surface area contributed by atoms with Crippen molar-refractivity contribution in [2.45, 2.75) is 6.54 Å². The lowest BCUT2D eigenvalue weighted by atomic mass is 10.4. The maximum Gasteiger partial charge on any atom is 0.324 e. The zero-order valence-corrected chi connectivity index (χ0v) is 9.92. The average molecular weight is 274 g/mol. The zero-order chi connectivity index (χ0) is 13.7. The van der Waals surface area contributed by atoms with E-state index in [1.165, 1.54) is 17.0 Å². The standard InChI is InChI=1S/C9H10N2O6S/c12-8(13)4-10(5-9(14)15)3-6-1-2-7(18-6)11(16)17/h1-2H,3-5H2,(H,12,13)(H,14,15). The summed E-state index contributed by atoms with van der Waals surface area (Å²) in [5.41, 5.74) is 0. The summed E-state index contributed by atoms with van der Waals surface area (Å²) < 4.78 is 0. The average Bonchev–Trinajstić information content (AvgIpc) is 2.63. The van der Waals surface area contributed by atoms with E-state index in [2.05, 4.69) is 0 Å². The second-order valence-corrected chi connectivity index (χ2v) is 4.58. The van der Waals surface area contributed by atoms with Gasteiger partial charge in [-0.25, -0.2) is 0 Å². The molecule has 1 heterocycles. The molecule has 9 heteroatoms. The highest BCUT2D eigenvalue weighted by Crippen LogP contribution is 2.24. The van der Waals surface area contributed by atoms with Gasteiger partial charge in [0.25, 0.3) is 0 Å². The fourth-order valence-corrected chi connectivity index (χ4v) is 2.18. The van der Waals surface area contributed by atoms with Gasteiger partial charge in [-0.05, 0) is 6.07 Å². The van der Waals surface area contributed by atoms with E-state index in [1.54, 1.807) is 0 Å². The number of hydrogen-bond donors (Lipinski definition) is 2. The number of aliphatic carboxylic acids is 2. The molecule has 98 valence electrons. The summed E-state index contributed by atoms with van der Waals surface area (Å²) in [6, 6.07) is 2.79. The third kappa shape index (κ3) is 4.47. The van der Waals surface area contributed by atoms with Gasteiger partial charge in [0.15, 0.2) is 0 Å². The molecule has 0 aliphatic rings. The van der Waals surface area contributed by atoms with Crippen molar-refractivity contribution in [1.82, 2.24) is 4.90 Å². The Morgan fingerprint density at radius 1 is 1.28 bits per heavy atom. The van der Waals surface area contributed by atoms with Crippen LogP contribution in [0.25, 0.3) is 0 Å². The normalized spacial score (nSPS) is 10.5. The molecule has 0 spiro atoms. The Bertz CT molecular complexity index is 455. The van der Waals surface area contributed by atoms with E-state index in [9.17, 15) is 19.7 Å². The van der Waals surface area contributed by atoms with Crippen molar-refractivity contribution in [2.75, 3.05) is 13.1 Å². The van der Waals surface area contributed by atoms with Crippen LogP contribution < -0.4 is 0 Å². The smallest absolute Gasteiger partial charge is 0.324 e. The number of carboxylic acids is 2. The molecule has 0 bridgehead atoms. The van der Waals surface area contributed by atoms with Crippen molar-refractivity contribution in [3.05, 3.63) is 27.1 Å². The highest BCUT2D eigenvalue weighted by Gasteiger charge is 2.17. The molecule has 0 aromatic carbocycles. The van der Waals surface area contributed by atoms with E-state index in [-0.39, 0.29) is 11.5 Å². The van der Waals surface area contributed by atoms with Crippen LogP contribution in [0.4, 0.5) is 5.00 Å². The Morgan fingerprint density at radius 3 is 2.22 bits per heavy atom. The fraction of sp³-hybridized carbons (Fsp3) is 0.333. The number of nitrogens with zero attached hydrogens (tertiary/aromatic N) is 2. The predicted octanol–water partition coefficient (Wildman–Crippen LogP) is 0.627. The van der Waals surface area contributed by atoms with Gasteiger partial charge in [0, 0.05) is 17.5 Å². The molecule has 0 amide bonds. The highest BCUT2D eigenvalue weighted by molar-refractivity contribution is 7.15.